The van der Waals surface area contributed by atoms with Gasteiger partial charge < -0.3 is 24.5 Å². The van der Waals surface area contributed by atoms with Gasteiger partial charge in [0.1, 0.15) is 19.4 Å². The molecule has 1 heterocycles. The molecule has 3 rings (SSSR count). The topological polar surface area (TPSA) is 103 Å². The van der Waals surface area contributed by atoms with Crippen LogP contribution < -0.4 is 5.32 Å². The van der Waals surface area contributed by atoms with Gasteiger partial charge in [0.15, 0.2) is 0 Å². The molecule has 0 aliphatic heterocycles. The summed E-state index contributed by atoms with van der Waals surface area (Å²) in [6.45, 7) is 0.805. The molecule has 0 aliphatic rings. The lowest BCUT2D eigenvalue weighted by Gasteiger charge is -2.13. The van der Waals surface area contributed by atoms with Crippen LogP contribution in [0.4, 0.5) is 4.79 Å². The average Bonchev–Trinajstić information content (AvgIpc) is 3.20. The molecule has 0 aliphatic carbocycles. The van der Waals surface area contributed by atoms with Crippen LogP contribution in [-0.2, 0) is 40.6 Å². The van der Waals surface area contributed by atoms with E-state index in [-0.39, 0.29) is 19.8 Å². The summed E-state index contributed by atoms with van der Waals surface area (Å²) >= 11 is 0. The number of amides is 1. The highest BCUT2D eigenvalue weighted by Gasteiger charge is 2.22. The number of carbonyl (C=O) groups is 2. The molecule has 0 bridgehead atoms. The molecular weight excluding hydrogens is 386 g/mol. The summed E-state index contributed by atoms with van der Waals surface area (Å²) in [5.41, 5.74) is 2.39. The van der Waals surface area contributed by atoms with Gasteiger partial charge in [0.05, 0.1) is 18.6 Å². The van der Waals surface area contributed by atoms with Crippen LogP contribution in [0.5, 0.6) is 0 Å². The number of aliphatic carboxylic acids is 1. The van der Waals surface area contributed by atoms with E-state index in [1.165, 1.54) is 0 Å². The molecule has 30 heavy (non-hydrogen) atoms. The van der Waals surface area contributed by atoms with E-state index in [0.717, 1.165) is 11.1 Å². The molecule has 1 aromatic heterocycles. The number of benzene rings is 2. The molecule has 1 amide bonds. The zero-order chi connectivity index (χ0) is 21.2. The number of nitrogens with zero attached hydrogens (tertiary/aromatic N) is 2. The number of rotatable bonds is 10. The fraction of sp³-hybridized carbons (Fsp3) is 0.227. The number of carboxylic acids is 1. The Balaban J connectivity index is 1.46. The molecule has 0 fully saturated rings. The molecule has 2 aromatic carbocycles. The van der Waals surface area contributed by atoms with Crippen molar-refractivity contribution < 1.29 is 24.2 Å². The van der Waals surface area contributed by atoms with Crippen LogP contribution in [0.1, 0.15) is 16.8 Å². The predicted molar refractivity (Wildman–Crippen MR) is 108 cm³/mol. The maximum Gasteiger partial charge on any atom is 0.408 e. The first kappa shape index (κ1) is 21.1. The lowest BCUT2D eigenvalue weighted by Crippen LogP contribution is -2.42. The Morgan fingerprint density at radius 3 is 2.27 bits per heavy atom. The van der Waals surface area contributed by atoms with Gasteiger partial charge in [-0.1, -0.05) is 60.7 Å². The van der Waals surface area contributed by atoms with Crippen LogP contribution in [0.15, 0.2) is 73.2 Å². The number of ether oxygens (including phenoxy) is 2. The number of aromatic nitrogens is 2. The summed E-state index contributed by atoms with van der Waals surface area (Å²) in [5.74, 6) is -1.17. The van der Waals surface area contributed by atoms with Crippen molar-refractivity contribution in [3.63, 3.8) is 0 Å². The number of imidazole rings is 1. The quantitative estimate of drug-likeness (QED) is 0.534. The van der Waals surface area contributed by atoms with Crippen molar-refractivity contribution in [3.8, 4) is 0 Å². The summed E-state index contributed by atoms with van der Waals surface area (Å²) < 4.78 is 12.4. The van der Waals surface area contributed by atoms with Crippen LogP contribution in [-0.4, -0.2) is 32.8 Å². The third-order valence-corrected chi connectivity index (χ3v) is 4.25. The van der Waals surface area contributed by atoms with Crippen molar-refractivity contribution in [3.05, 3.63) is 90.0 Å². The van der Waals surface area contributed by atoms with Gasteiger partial charge in [-0.3, -0.25) is 0 Å². The molecule has 0 saturated carbocycles. The standard InChI is InChI=1S/C22H23N3O5/c26-21(27)20(24-22(28)30-14-18-9-5-2-6-10-18)11-19-12-25(15-23-19)16-29-13-17-7-3-1-4-8-17/h1-10,12,15,20H,11,13-14,16H2,(H,24,28)(H,26,27)/t20-/m0/s1. The monoisotopic (exact) mass is 409 g/mol. The summed E-state index contributed by atoms with van der Waals surface area (Å²) in [6, 6.07) is 17.8. The van der Waals surface area contributed by atoms with E-state index >= 15 is 0 Å². The van der Waals surface area contributed by atoms with Crippen LogP contribution in [0, 0.1) is 0 Å². The van der Waals surface area contributed by atoms with Gasteiger partial charge in [-0.2, -0.15) is 0 Å². The SMILES string of the molecule is O=C(N[C@@H](Cc1cn(COCc2ccccc2)cn1)C(=O)O)OCc1ccccc1. The Bertz CT molecular complexity index is 944. The maximum atomic E-state index is 12.0. The van der Waals surface area contributed by atoms with Gasteiger partial charge in [0, 0.05) is 12.6 Å². The normalized spacial score (nSPS) is 11.6. The van der Waals surface area contributed by atoms with Gasteiger partial charge >= 0.3 is 12.1 Å². The number of nitrogens with one attached hydrogen (secondary N) is 1. The fourth-order valence-electron chi connectivity index (χ4n) is 2.74. The molecule has 2 N–H and O–H groups in total. The van der Waals surface area contributed by atoms with Crippen molar-refractivity contribution in [1.82, 2.24) is 14.9 Å². The first-order chi connectivity index (χ1) is 14.6. The smallest absolute Gasteiger partial charge is 0.408 e. The fourth-order valence-corrected chi connectivity index (χ4v) is 2.74. The van der Waals surface area contributed by atoms with E-state index in [4.69, 9.17) is 9.47 Å². The first-order valence-corrected chi connectivity index (χ1v) is 9.42. The van der Waals surface area contributed by atoms with E-state index in [0.29, 0.717) is 12.3 Å². The van der Waals surface area contributed by atoms with Crippen molar-refractivity contribution in [2.75, 3.05) is 0 Å². The lowest BCUT2D eigenvalue weighted by atomic mass is 10.2. The molecule has 1 atom stereocenters. The second kappa shape index (κ2) is 10.8. The number of alkyl carbamates (subject to hydrolysis) is 1. The third-order valence-electron chi connectivity index (χ3n) is 4.25. The molecule has 8 nitrogen and oxygen atoms in total. The average molecular weight is 409 g/mol. The van der Waals surface area contributed by atoms with Crippen molar-refractivity contribution in [2.45, 2.75) is 32.4 Å². The van der Waals surface area contributed by atoms with E-state index < -0.39 is 18.1 Å². The maximum absolute atomic E-state index is 12.0. The molecular formula is C22H23N3O5. The summed E-state index contributed by atoms with van der Waals surface area (Å²) in [7, 11) is 0. The Morgan fingerprint density at radius 1 is 1.00 bits per heavy atom. The van der Waals surface area contributed by atoms with E-state index in [9.17, 15) is 14.7 Å². The number of hydrogen-bond acceptors (Lipinski definition) is 5. The van der Waals surface area contributed by atoms with Gasteiger partial charge in [0.25, 0.3) is 0 Å². The first-order valence-electron chi connectivity index (χ1n) is 9.42. The summed E-state index contributed by atoms with van der Waals surface area (Å²) in [5, 5.41) is 11.8. The number of carbonyl (C=O) groups excluding carboxylic acids is 1. The van der Waals surface area contributed by atoms with Crippen LogP contribution >= 0.6 is 0 Å². The van der Waals surface area contributed by atoms with Crippen LogP contribution in [0.3, 0.4) is 0 Å². The molecule has 0 radical (unpaired) electrons. The van der Waals surface area contributed by atoms with Gasteiger partial charge in [-0.25, -0.2) is 14.6 Å². The van der Waals surface area contributed by atoms with Crippen molar-refractivity contribution in [1.29, 1.82) is 0 Å². The highest BCUT2D eigenvalue weighted by molar-refractivity contribution is 5.80. The van der Waals surface area contributed by atoms with Crippen LogP contribution in [0.2, 0.25) is 0 Å². The minimum absolute atomic E-state index is 0.0292. The van der Waals surface area contributed by atoms with E-state index in [2.05, 4.69) is 10.3 Å². The summed E-state index contributed by atoms with van der Waals surface area (Å²) in [4.78, 5) is 27.7. The predicted octanol–water partition coefficient (Wildman–Crippen LogP) is 2.98. The molecule has 3 aromatic rings. The minimum atomic E-state index is -1.17. The molecule has 156 valence electrons. The second-order valence-electron chi connectivity index (χ2n) is 6.64. The van der Waals surface area contributed by atoms with Crippen LogP contribution in [0.25, 0.3) is 0 Å². The number of hydrogen-bond donors (Lipinski definition) is 2. The second-order valence-corrected chi connectivity index (χ2v) is 6.64. The zero-order valence-electron chi connectivity index (χ0n) is 16.3. The molecule has 0 saturated heterocycles. The highest BCUT2D eigenvalue weighted by atomic mass is 16.5. The molecule has 0 spiro atoms. The van der Waals surface area contributed by atoms with E-state index in [1.807, 2.05) is 60.7 Å². The van der Waals surface area contributed by atoms with Gasteiger partial charge in [-0.15, -0.1) is 0 Å². The highest BCUT2D eigenvalue weighted by Crippen LogP contribution is 2.06. The van der Waals surface area contributed by atoms with E-state index in [1.54, 1.807) is 17.1 Å². The molecule has 0 unspecified atom stereocenters. The zero-order valence-corrected chi connectivity index (χ0v) is 16.3. The Morgan fingerprint density at radius 2 is 1.63 bits per heavy atom. The third kappa shape index (κ3) is 6.75. The minimum Gasteiger partial charge on any atom is -0.480 e. The van der Waals surface area contributed by atoms with Gasteiger partial charge in [-0.05, 0) is 11.1 Å². The Kier molecular flexibility index (Phi) is 7.57. The molecule has 8 heteroatoms. The summed E-state index contributed by atoms with van der Waals surface area (Å²) in [6.07, 6.45) is 2.49. The Labute approximate surface area is 174 Å². The lowest BCUT2D eigenvalue weighted by molar-refractivity contribution is -0.139. The van der Waals surface area contributed by atoms with Crippen molar-refractivity contribution in [2.24, 2.45) is 0 Å². The van der Waals surface area contributed by atoms with Crippen molar-refractivity contribution >= 4 is 12.1 Å². The Hall–Kier alpha value is -3.65. The van der Waals surface area contributed by atoms with Gasteiger partial charge in [0.2, 0.25) is 0 Å². The number of carboxylic acid groups (broad SMARTS) is 1. The largest absolute Gasteiger partial charge is 0.480 e.